The zero-order valence-corrected chi connectivity index (χ0v) is 11.8. The molecule has 1 unspecified atom stereocenters. The van der Waals surface area contributed by atoms with Crippen LogP contribution in [0.25, 0.3) is 0 Å². The van der Waals surface area contributed by atoms with Crippen molar-refractivity contribution in [2.24, 2.45) is 0 Å². The molecule has 2 rings (SSSR count). The first-order chi connectivity index (χ1) is 9.70. The normalized spacial score (nSPS) is 11.7. The summed E-state index contributed by atoms with van der Waals surface area (Å²) in [6, 6.07) is 17.4. The number of aryl methyl sites for hydroxylation is 1. The van der Waals surface area contributed by atoms with Crippen LogP contribution in [0.2, 0.25) is 0 Å². The minimum Gasteiger partial charge on any atom is -0.467 e. The van der Waals surface area contributed by atoms with Crippen molar-refractivity contribution in [3.63, 3.8) is 0 Å². The molecule has 3 nitrogen and oxygen atoms in total. The zero-order valence-electron chi connectivity index (χ0n) is 11.8. The van der Waals surface area contributed by atoms with Crippen molar-refractivity contribution >= 4 is 11.7 Å². The highest BCUT2D eigenvalue weighted by molar-refractivity contribution is 5.80. The number of carbonyl (C=O) groups is 1. The SMILES string of the molecule is COC(=O)C(Cc1ccccc1)Nc1ccccc1C. The van der Waals surface area contributed by atoms with Gasteiger partial charge in [-0.05, 0) is 24.1 Å². The van der Waals surface area contributed by atoms with Gasteiger partial charge in [0.25, 0.3) is 0 Å². The Bertz CT molecular complexity index is 566. The van der Waals surface area contributed by atoms with E-state index in [1.807, 2.05) is 61.5 Å². The van der Waals surface area contributed by atoms with Crippen LogP contribution >= 0.6 is 0 Å². The highest BCUT2D eigenvalue weighted by Gasteiger charge is 2.19. The summed E-state index contributed by atoms with van der Waals surface area (Å²) in [6.45, 7) is 2.01. The van der Waals surface area contributed by atoms with Gasteiger partial charge in [0.05, 0.1) is 7.11 Å². The van der Waals surface area contributed by atoms with E-state index in [1.54, 1.807) is 0 Å². The molecule has 3 heteroatoms. The molecular weight excluding hydrogens is 250 g/mol. The highest BCUT2D eigenvalue weighted by Crippen LogP contribution is 2.16. The first-order valence-electron chi connectivity index (χ1n) is 6.64. The van der Waals surface area contributed by atoms with Crippen LogP contribution in [0.15, 0.2) is 54.6 Å². The summed E-state index contributed by atoms with van der Waals surface area (Å²) in [5.74, 6) is -0.253. The number of hydrogen-bond acceptors (Lipinski definition) is 3. The third kappa shape index (κ3) is 3.60. The summed E-state index contributed by atoms with van der Waals surface area (Å²) in [4.78, 5) is 11.9. The predicted molar refractivity (Wildman–Crippen MR) is 80.8 cm³/mol. The van der Waals surface area contributed by atoms with Crippen LogP contribution in [0, 0.1) is 6.92 Å². The Hall–Kier alpha value is -2.29. The first kappa shape index (κ1) is 14.1. The lowest BCUT2D eigenvalue weighted by molar-refractivity contribution is -0.141. The molecule has 1 N–H and O–H groups in total. The van der Waals surface area contributed by atoms with Gasteiger partial charge >= 0.3 is 5.97 Å². The number of anilines is 1. The number of ether oxygens (including phenoxy) is 1. The Kier molecular flexibility index (Phi) is 4.77. The molecule has 0 amide bonds. The van der Waals surface area contributed by atoms with E-state index >= 15 is 0 Å². The van der Waals surface area contributed by atoms with Crippen molar-refractivity contribution in [3.05, 3.63) is 65.7 Å². The van der Waals surface area contributed by atoms with E-state index in [4.69, 9.17) is 4.74 Å². The minimum absolute atomic E-state index is 0.253. The quantitative estimate of drug-likeness (QED) is 0.847. The zero-order chi connectivity index (χ0) is 14.4. The third-order valence-electron chi connectivity index (χ3n) is 3.24. The number of methoxy groups -OCH3 is 1. The molecule has 20 heavy (non-hydrogen) atoms. The molecule has 0 saturated heterocycles. The van der Waals surface area contributed by atoms with E-state index in [1.165, 1.54) is 7.11 Å². The van der Waals surface area contributed by atoms with Crippen LogP contribution in [0.5, 0.6) is 0 Å². The molecule has 0 aliphatic carbocycles. The lowest BCUT2D eigenvalue weighted by Gasteiger charge is -2.19. The largest absolute Gasteiger partial charge is 0.467 e. The van der Waals surface area contributed by atoms with E-state index in [0.29, 0.717) is 6.42 Å². The molecule has 2 aromatic carbocycles. The number of para-hydroxylation sites is 1. The second-order valence-corrected chi connectivity index (χ2v) is 4.72. The molecule has 0 fully saturated rings. The Morgan fingerprint density at radius 3 is 2.40 bits per heavy atom. The van der Waals surface area contributed by atoms with Crippen LogP contribution in [0.3, 0.4) is 0 Å². The van der Waals surface area contributed by atoms with Crippen LogP contribution in [0.4, 0.5) is 5.69 Å². The highest BCUT2D eigenvalue weighted by atomic mass is 16.5. The number of rotatable bonds is 5. The minimum atomic E-state index is -0.386. The molecule has 104 valence electrons. The van der Waals surface area contributed by atoms with Gasteiger partial charge in [0.1, 0.15) is 6.04 Å². The van der Waals surface area contributed by atoms with Crippen molar-refractivity contribution in [2.75, 3.05) is 12.4 Å². The van der Waals surface area contributed by atoms with E-state index < -0.39 is 0 Å². The molecular formula is C17H19NO2. The molecule has 0 saturated carbocycles. The second kappa shape index (κ2) is 6.75. The number of benzene rings is 2. The predicted octanol–water partition coefficient (Wildman–Crippen LogP) is 3.19. The van der Waals surface area contributed by atoms with Crippen LogP contribution in [0.1, 0.15) is 11.1 Å². The smallest absolute Gasteiger partial charge is 0.328 e. The molecule has 0 aliphatic heterocycles. The van der Waals surface area contributed by atoms with Crippen molar-refractivity contribution in [1.29, 1.82) is 0 Å². The Balaban J connectivity index is 2.16. The van der Waals surface area contributed by atoms with Crippen molar-refractivity contribution in [2.45, 2.75) is 19.4 Å². The average molecular weight is 269 g/mol. The molecule has 2 aromatic rings. The molecule has 0 spiro atoms. The topological polar surface area (TPSA) is 38.3 Å². The van der Waals surface area contributed by atoms with Crippen molar-refractivity contribution in [3.8, 4) is 0 Å². The lowest BCUT2D eigenvalue weighted by atomic mass is 10.0. The Morgan fingerprint density at radius 1 is 1.10 bits per heavy atom. The molecule has 0 aliphatic rings. The fourth-order valence-electron chi connectivity index (χ4n) is 2.11. The third-order valence-corrected chi connectivity index (χ3v) is 3.24. The number of carbonyl (C=O) groups excluding carboxylic acids is 1. The number of hydrogen-bond donors (Lipinski definition) is 1. The van der Waals surface area contributed by atoms with Gasteiger partial charge in [-0.3, -0.25) is 0 Å². The van der Waals surface area contributed by atoms with Crippen LogP contribution < -0.4 is 5.32 Å². The summed E-state index contributed by atoms with van der Waals surface area (Å²) >= 11 is 0. The van der Waals surface area contributed by atoms with E-state index in [9.17, 15) is 4.79 Å². The summed E-state index contributed by atoms with van der Waals surface area (Å²) in [6.07, 6.45) is 0.599. The Morgan fingerprint density at radius 2 is 1.75 bits per heavy atom. The first-order valence-corrected chi connectivity index (χ1v) is 6.64. The Labute approximate surface area is 119 Å². The fourth-order valence-corrected chi connectivity index (χ4v) is 2.11. The van der Waals surface area contributed by atoms with E-state index in [2.05, 4.69) is 5.32 Å². The molecule has 0 heterocycles. The van der Waals surface area contributed by atoms with Gasteiger partial charge in [-0.15, -0.1) is 0 Å². The van der Waals surface area contributed by atoms with Crippen molar-refractivity contribution < 1.29 is 9.53 Å². The molecule has 0 aromatic heterocycles. The van der Waals surface area contributed by atoms with Gasteiger partial charge in [-0.1, -0.05) is 48.5 Å². The van der Waals surface area contributed by atoms with Gasteiger partial charge < -0.3 is 10.1 Å². The van der Waals surface area contributed by atoms with Gasteiger partial charge in [0, 0.05) is 12.1 Å². The number of nitrogens with one attached hydrogen (secondary N) is 1. The standard InChI is InChI=1S/C17H19NO2/c1-13-8-6-7-11-15(13)18-16(17(19)20-2)12-14-9-4-3-5-10-14/h3-11,16,18H,12H2,1-2H3. The maximum absolute atomic E-state index is 11.9. The maximum atomic E-state index is 11.9. The fraction of sp³-hybridized carbons (Fsp3) is 0.235. The molecule has 1 atom stereocenters. The molecule has 0 bridgehead atoms. The van der Waals surface area contributed by atoms with Crippen molar-refractivity contribution in [1.82, 2.24) is 0 Å². The summed E-state index contributed by atoms with van der Waals surface area (Å²) in [5, 5.41) is 3.27. The summed E-state index contributed by atoms with van der Waals surface area (Å²) < 4.78 is 4.90. The van der Waals surface area contributed by atoms with E-state index in [-0.39, 0.29) is 12.0 Å². The average Bonchev–Trinajstić information content (AvgIpc) is 2.49. The molecule has 0 radical (unpaired) electrons. The number of esters is 1. The summed E-state index contributed by atoms with van der Waals surface area (Å²) in [5.41, 5.74) is 3.16. The van der Waals surface area contributed by atoms with Gasteiger partial charge in [-0.25, -0.2) is 4.79 Å². The van der Waals surface area contributed by atoms with Gasteiger partial charge in [0.2, 0.25) is 0 Å². The van der Waals surface area contributed by atoms with Gasteiger partial charge in [0.15, 0.2) is 0 Å². The van der Waals surface area contributed by atoms with Gasteiger partial charge in [-0.2, -0.15) is 0 Å². The summed E-state index contributed by atoms with van der Waals surface area (Å²) in [7, 11) is 1.42. The van der Waals surface area contributed by atoms with Crippen LogP contribution in [-0.4, -0.2) is 19.1 Å². The van der Waals surface area contributed by atoms with E-state index in [0.717, 1.165) is 16.8 Å². The second-order valence-electron chi connectivity index (χ2n) is 4.72. The maximum Gasteiger partial charge on any atom is 0.328 e. The van der Waals surface area contributed by atoms with Crippen LogP contribution in [-0.2, 0) is 16.0 Å². The lowest BCUT2D eigenvalue weighted by Crippen LogP contribution is -2.33. The monoisotopic (exact) mass is 269 g/mol.